The first kappa shape index (κ1) is 19.8. The molecule has 0 N–H and O–H groups in total. The predicted molar refractivity (Wildman–Crippen MR) is 108 cm³/mol. The number of benzene rings is 2. The van der Waals surface area contributed by atoms with Crippen molar-refractivity contribution in [3.05, 3.63) is 71.6 Å². The van der Waals surface area contributed by atoms with Crippen LogP contribution in [0.4, 0.5) is 4.39 Å². The van der Waals surface area contributed by atoms with E-state index in [1.54, 1.807) is 6.07 Å². The van der Waals surface area contributed by atoms with Gasteiger partial charge in [-0.1, -0.05) is 41.6 Å². The van der Waals surface area contributed by atoms with Gasteiger partial charge >= 0.3 is 0 Å². The number of halogens is 1. The summed E-state index contributed by atoms with van der Waals surface area (Å²) >= 11 is 0. The van der Waals surface area contributed by atoms with Gasteiger partial charge < -0.3 is 13.7 Å². The fraction of sp³-hybridized carbons (Fsp3) is 0.227. The summed E-state index contributed by atoms with van der Waals surface area (Å²) in [5, 5.41) is 12.5. The van der Waals surface area contributed by atoms with Crippen molar-refractivity contribution in [2.75, 3.05) is 14.2 Å². The van der Waals surface area contributed by atoms with Gasteiger partial charge in [0.15, 0.2) is 11.6 Å². The molecule has 0 radical (unpaired) electrons. The van der Waals surface area contributed by atoms with Gasteiger partial charge in [-0.15, -0.1) is 10.2 Å². The number of aryl methyl sites for hydroxylation is 1. The maximum absolute atomic E-state index is 13.9. The first-order valence-electron chi connectivity index (χ1n) is 9.40. The predicted octanol–water partition coefficient (Wildman–Crippen LogP) is 4.48. The van der Waals surface area contributed by atoms with E-state index in [1.165, 1.54) is 13.2 Å². The monoisotopic (exact) mass is 408 g/mol. The first-order valence-corrected chi connectivity index (χ1v) is 9.40. The van der Waals surface area contributed by atoms with Crippen molar-refractivity contribution in [2.45, 2.75) is 20.0 Å². The van der Waals surface area contributed by atoms with Gasteiger partial charge in [0, 0.05) is 12.1 Å². The Hall–Kier alpha value is -3.52. The zero-order valence-corrected chi connectivity index (χ0v) is 16.9. The van der Waals surface area contributed by atoms with Gasteiger partial charge in [0.1, 0.15) is 17.0 Å². The van der Waals surface area contributed by atoms with E-state index in [0.29, 0.717) is 41.9 Å². The van der Waals surface area contributed by atoms with Crippen molar-refractivity contribution >= 4 is 0 Å². The minimum Gasteiger partial charge on any atom is -0.494 e. The highest BCUT2D eigenvalue weighted by atomic mass is 19.1. The van der Waals surface area contributed by atoms with Crippen molar-refractivity contribution in [3.8, 4) is 28.5 Å². The molecule has 0 aliphatic carbocycles. The molecule has 0 unspecified atom stereocenters. The third-order valence-electron chi connectivity index (χ3n) is 4.66. The minimum atomic E-state index is -0.389. The molecule has 0 bridgehead atoms. The van der Waals surface area contributed by atoms with Crippen LogP contribution in [-0.2, 0) is 13.1 Å². The van der Waals surface area contributed by atoms with Crippen molar-refractivity contribution in [3.63, 3.8) is 0 Å². The summed E-state index contributed by atoms with van der Waals surface area (Å²) in [6, 6.07) is 14.6. The van der Waals surface area contributed by atoms with Crippen molar-refractivity contribution in [1.82, 2.24) is 20.3 Å². The lowest BCUT2D eigenvalue weighted by Gasteiger charge is -2.14. The Bertz CT molecular complexity index is 1140. The summed E-state index contributed by atoms with van der Waals surface area (Å²) < 4.78 is 30.1. The van der Waals surface area contributed by atoms with Crippen LogP contribution in [0.25, 0.3) is 22.7 Å². The molecule has 0 saturated heterocycles. The Morgan fingerprint density at radius 3 is 2.60 bits per heavy atom. The van der Waals surface area contributed by atoms with Gasteiger partial charge in [0.05, 0.1) is 13.7 Å². The Balaban J connectivity index is 1.50. The third-order valence-corrected chi connectivity index (χ3v) is 4.66. The van der Waals surface area contributed by atoms with Crippen LogP contribution in [-0.4, -0.2) is 34.4 Å². The average molecular weight is 408 g/mol. The summed E-state index contributed by atoms with van der Waals surface area (Å²) in [6.45, 7) is 2.73. The van der Waals surface area contributed by atoms with Gasteiger partial charge in [0.25, 0.3) is 5.89 Å². The molecule has 2 heterocycles. The lowest BCUT2D eigenvalue weighted by molar-refractivity contribution is 0.282. The van der Waals surface area contributed by atoms with E-state index in [2.05, 4.69) is 15.4 Å². The summed E-state index contributed by atoms with van der Waals surface area (Å²) in [7, 11) is 3.34. The lowest BCUT2D eigenvalue weighted by Crippen LogP contribution is -2.17. The second-order valence-electron chi connectivity index (χ2n) is 6.97. The maximum Gasteiger partial charge on any atom is 0.253 e. The second kappa shape index (κ2) is 8.46. The smallest absolute Gasteiger partial charge is 0.253 e. The number of methoxy groups -OCH3 is 1. The molecule has 0 aliphatic rings. The van der Waals surface area contributed by atoms with Crippen LogP contribution in [0.5, 0.6) is 5.75 Å². The summed E-state index contributed by atoms with van der Waals surface area (Å²) in [5.74, 6) is 1.24. The molecule has 0 fully saturated rings. The second-order valence-corrected chi connectivity index (χ2v) is 6.97. The zero-order chi connectivity index (χ0) is 21.1. The fourth-order valence-corrected chi connectivity index (χ4v) is 3.24. The SMILES string of the molecule is COc1ccc(CN(C)Cc2nnc(-c3c(-c4ccccc4)noc3C)o2)cc1F. The Morgan fingerprint density at radius 2 is 1.87 bits per heavy atom. The van der Waals surface area contributed by atoms with Crippen LogP contribution in [0, 0.1) is 12.7 Å². The standard InChI is InChI=1S/C22H21FN4O3/c1-14-20(21(26-30-14)16-7-5-4-6-8-16)22-25-24-19(29-22)13-27(2)12-15-9-10-18(28-3)17(23)11-15/h4-11H,12-13H2,1-3H3. The fourth-order valence-electron chi connectivity index (χ4n) is 3.24. The number of hydrogen-bond acceptors (Lipinski definition) is 7. The maximum atomic E-state index is 13.9. The van der Waals surface area contributed by atoms with Crippen molar-refractivity contribution in [2.24, 2.45) is 0 Å². The van der Waals surface area contributed by atoms with Crippen molar-refractivity contribution in [1.29, 1.82) is 0 Å². The van der Waals surface area contributed by atoms with Crippen LogP contribution in [0.1, 0.15) is 17.2 Å². The van der Waals surface area contributed by atoms with Gasteiger partial charge in [-0.25, -0.2) is 4.39 Å². The van der Waals surface area contributed by atoms with E-state index in [9.17, 15) is 4.39 Å². The van der Waals surface area contributed by atoms with E-state index in [4.69, 9.17) is 13.7 Å². The van der Waals surface area contributed by atoms with Crippen LogP contribution in [0.15, 0.2) is 57.5 Å². The highest BCUT2D eigenvalue weighted by Gasteiger charge is 2.22. The normalized spacial score (nSPS) is 11.2. The van der Waals surface area contributed by atoms with Crippen LogP contribution >= 0.6 is 0 Å². The molecule has 2 aromatic heterocycles. The Labute approximate surface area is 173 Å². The summed E-state index contributed by atoms with van der Waals surface area (Å²) in [5.41, 5.74) is 3.06. The molecule has 30 heavy (non-hydrogen) atoms. The molecule has 7 nitrogen and oxygen atoms in total. The van der Waals surface area contributed by atoms with Gasteiger partial charge in [-0.2, -0.15) is 0 Å². The number of nitrogens with zero attached hydrogens (tertiary/aromatic N) is 4. The first-order chi connectivity index (χ1) is 14.5. The molecule has 154 valence electrons. The van der Waals surface area contributed by atoms with Gasteiger partial charge in [0.2, 0.25) is 5.89 Å². The average Bonchev–Trinajstić information content (AvgIpc) is 3.34. The van der Waals surface area contributed by atoms with E-state index < -0.39 is 0 Å². The molecule has 0 saturated carbocycles. The minimum absolute atomic E-state index is 0.223. The van der Waals surface area contributed by atoms with E-state index in [0.717, 1.165) is 11.1 Å². The molecular weight excluding hydrogens is 387 g/mol. The molecule has 0 spiro atoms. The molecule has 4 aromatic rings. The molecule has 2 aromatic carbocycles. The van der Waals surface area contributed by atoms with Crippen LogP contribution in [0.2, 0.25) is 0 Å². The Kier molecular flexibility index (Phi) is 5.58. The summed E-state index contributed by atoms with van der Waals surface area (Å²) in [4.78, 5) is 1.96. The van der Waals surface area contributed by atoms with Crippen molar-refractivity contribution < 1.29 is 18.1 Å². The molecule has 0 amide bonds. The molecular formula is C22H21FN4O3. The Morgan fingerprint density at radius 1 is 1.07 bits per heavy atom. The number of hydrogen-bond donors (Lipinski definition) is 0. The molecule has 4 rings (SSSR count). The van der Waals surface area contributed by atoms with Gasteiger partial charge in [-0.3, -0.25) is 4.90 Å². The highest BCUT2D eigenvalue weighted by Crippen LogP contribution is 2.33. The van der Waals surface area contributed by atoms with E-state index >= 15 is 0 Å². The quantitative estimate of drug-likeness (QED) is 0.446. The largest absolute Gasteiger partial charge is 0.494 e. The van der Waals surface area contributed by atoms with E-state index in [-0.39, 0.29) is 11.6 Å². The molecule has 0 atom stereocenters. The zero-order valence-electron chi connectivity index (χ0n) is 16.9. The van der Waals surface area contributed by atoms with Crippen LogP contribution in [0.3, 0.4) is 0 Å². The number of rotatable bonds is 7. The van der Waals surface area contributed by atoms with Gasteiger partial charge in [-0.05, 0) is 31.7 Å². The lowest BCUT2D eigenvalue weighted by atomic mass is 10.1. The van der Waals surface area contributed by atoms with E-state index in [1.807, 2.05) is 55.3 Å². The summed E-state index contributed by atoms with van der Waals surface area (Å²) in [6.07, 6.45) is 0. The third kappa shape index (κ3) is 4.08. The molecule has 8 heteroatoms. The molecule has 0 aliphatic heterocycles. The topological polar surface area (TPSA) is 77.4 Å². The van der Waals surface area contributed by atoms with Crippen LogP contribution < -0.4 is 4.74 Å². The highest BCUT2D eigenvalue weighted by molar-refractivity contribution is 5.77. The number of ether oxygens (including phenoxy) is 1. The number of aromatic nitrogens is 3.